The van der Waals surface area contributed by atoms with E-state index in [0.29, 0.717) is 27.8 Å². The summed E-state index contributed by atoms with van der Waals surface area (Å²) in [5.41, 5.74) is 10.5. The highest BCUT2D eigenvalue weighted by Crippen LogP contribution is 2.40. The van der Waals surface area contributed by atoms with Gasteiger partial charge in [0.15, 0.2) is 5.96 Å². The molecule has 3 aromatic rings. The lowest BCUT2D eigenvalue weighted by Gasteiger charge is -2.14. The molecule has 0 radical (unpaired) electrons. The van der Waals surface area contributed by atoms with Gasteiger partial charge in [-0.15, -0.1) is 11.8 Å². The van der Waals surface area contributed by atoms with E-state index in [0.717, 1.165) is 0 Å². The van der Waals surface area contributed by atoms with E-state index >= 15 is 0 Å². The summed E-state index contributed by atoms with van der Waals surface area (Å²) in [5, 5.41) is 1.06. The molecule has 0 aromatic heterocycles. The number of carbonyl (C=O) groups is 1. The Bertz CT molecular complexity index is 1070. The minimum absolute atomic E-state index is 0.151. The number of amides is 1. The van der Waals surface area contributed by atoms with Gasteiger partial charge in [0.2, 0.25) is 0 Å². The van der Waals surface area contributed by atoms with Crippen molar-refractivity contribution in [3.63, 3.8) is 0 Å². The Balaban J connectivity index is 2.37. The van der Waals surface area contributed by atoms with Crippen molar-refractivity contribution >= 4 is 34.4 Å². The Kier molecular flexibility index (Phi) is 5.09. The van der Waals surface area contributed by atoms with E-state index in [1.807, 2.05) is 0 Å². The van der Waals surface area contributed by atoms with Crippen molar-refractivity contribution in [1.29, 1.82) is 0 Å². The zero-order valence-electron chi connectivity index (χ0n) is 14.1. The van der Waals surface area contributed by atoms with Gasteiger partial charge in [0.25, 0.3) is 5.91 Å². The Morgan fingerprint density at radius 1 is 0.963 bits per heavy atom. The van der Waals surface area contributed by atoms with Crippen LogP contribution in [0.3, 0.4) is 0 Å². The van der Waals surface area contributed by atoms with Gasteiger partial charge in [-0.3, -0.25) is 4.79 Å². The van der Waals surface area contributed by atoms with Crippen LogP contribution in [0.15, 0.2) is 52.4 Å². The van der Waals surface area contributed by atoms with E-state index in [2.05, 4.69) is 4.99 Å². The summed E-state index contributed by atoms with van der Waals surface area (Å²) >= 11 is 1.27. The maximum absolute atomic E-state index is 14.5. The Morgan fingerprint density at radius 2 is 1.59 bits per heavy atom. The molecule has 0 fully saturated rings. The molecule has 3 aromatic carbocycles. The maximum Gasteiger partial charge on any atom is 0.280 e. The number of rotatable bonds is 3. The number of aliphatic imine (C=N–C) groups is 1. The summed E-state index contributed by atoms with van der Waals surface area (Å²) in [5.74, 6) is -4.15. The molecule has 138 valence electrons. The van der Waals surface area contributed by atoms with Gasteiger partial charge in [-0.1, -0.05) is 12.1 Å². The zero-order chi connectivity index (χ0) is 19.7. The predicted molar refractivity (Wildman–Crippen MR) is 101 cm³/mol. The van der Waals surface area contributed by atoms with Crippen LogP contribution in [0.4, 0.5) is 13.2 Å². The molecular weight excluding hydrogens is 375 g/mol. The van der Waals surface area contributed by atoms with Crippen molar-refractivity contribution in [3.8, 4) is 11.1 Å². The van der Waals surface area contributed by atoms with Crippen molar-refractivity contribution in [3.05, 3.63) is 65.5 Å². The number of hydrogen-bond donors (Lipinski definition) is 2. The summed E-state index contributed by atoms with van der Waals surface area (Å²) in [6.07, 6.45) is 1.75. The van der Waals surface area contributed by atoms with Crippen LogP contribution in [0.5, 0.6) is 0 Å². The molecule has 8 heteroatoms. The Morgan fingerprint density at radius 3 is 2.19 bits per heavy atom. The van der Waals surface area contributed by atoms with Crippen molar-refractivity contribution in [1.82, 2.24) is 0 Å². The van der Waals surface area contributed by atoms with Crippen LogP contribution in [0.2, 0.25) is 0 Å². The topological polar surface area (TPSA) is 81.5 Å². The van der Waals surface area contributed by atoms with Gasteiger partial charge in [0.05, 0.1) is 5.56 Å². The SMILES string of the molecule is CSc1ccc2ccc(C(=O)N=C(N)N)cc2c1-c1c(F)cc(F)cc1F. The van der Waals surface area contributed by atoms with Gasteiger partial charge >= 0.3 is 0 Å². The zero-order valence-corrected chi connectivity index (χ0v) is 14.9. The van der Waals surface area contributed by atoms with Crippen molar-refractivity contribution in [2.75, 3.05) is 6.26 Å². The minimum Gasteiger partial charge on any atom is -0.370 e. The van der Waals surface area contributed by atoms with E-state index in [1.165, 1.54) is 23.9 Å². The highest BCUT2D eigenvalue weighted by atomic mass is 32.2. The van der Waals surface area contributed by atoms with Crippen molar-refractivity contribution in [2.45, 2.75) is 4.90 Å². The molecular formula is C19H14F3N3OS. The summed E-state index contributed by atoms with van der Waals surface area (Å²) in [6, 6.07) is 9.31. The van der Waals surface area contributed by atoms with Gasteiger partial charge in [-0.25, -0.2) is 13.2 Å². The third kappa shape index (κ3) is 3.61. The summed E-state index contributed by atoms with van der Waals surface area (Å²) in [7, 11) is 0. The van der Waals surface area contributed by atoms with Gasteiger partial charge in [-0.2, -0.15) is 4.99 Å². The van der Waals surface area contributed by atoms with E-state index in [-0.39, 0.29) is 16.7 Å². The third-order valence-electron chi connectivity index (χ3n) is 3.94. The van der Waals surface area contributed by atoms with Crippen LogP contribution >= 0.6 is 11.8 Å². The summed E-state index contributed by atoms with van der Waals surface area (Å²) < 4.78 is 42.3. The molecule has 0 saturated carbocycles. The second-order valence-corrected chi connectivity index (χ2v) is 6.51. The fraction of sp³-hybridized carbons (Fsp3) is 0.0526. The summed E-state index contributed by atoms with van der Waals surface area (Å²) in [4.78, 5) is 16.2. The van der Waals surface area contributed by atoms with E-state index in [4.69, 9.17) is 11.5 Å². The molecule has 0 atom stereocenters. The molecule has 27 heavy (non-hydrogen) atoms. The number of thioether (sulfide) groups is 1. The fourth-order valence-electron chi connectivity index (χ4n) is 2.82. The number of nitrogens with two attached hydrogens (primary N) is 2. The lowest BCUT2D eigenvalue weighted by atomic mass is 9.95. The van der Waals surface area contributed by atoms with Crippen LogP contribution < -0.4 is 11.5 Å². The largest absolute Gasteiger partial charge is 0.370 e. The molecule has 1 amide bonds. The highest BCUT2D eigenvalue weighted by Gasteiger charge is 2.20. The molecule has 3 rings (SSSR count). The van der Waals surface area contributed by atoms with Crippen LogP contribution in [-0.2, 0) is 0 Å². The first-order valence-corrected chi connectivity index (χ1v) is 8.94. The molecule has 0 unspecified atom stereocenters. The number of benzene rings is 3. The molecule has 4 nitrogen and oxygen atoms in total. The molecule has 0 heterocycles. The molecule has 0 aliphatic heterocycles. The molecule has 0 bridgehead atoms. The Hall–Kier alpha value is -3.00. The lowest BCUT2D eigenvalue weighted by molar-refractivity contribution is 0.100. The normalized spacial score (nSPS) is 10.8. The third-order valence-corrected chi connectivity index (χ3v) is 4.72. The maximum atomic E-state index is 14.5. The number of nitrogens with zero attached hydrogens (tertiary/aromatic N) is 1. The second kappa shape index (κ2) is 7.32. The monoisotopic (exact) mass is 389 g/mol. The number of guanidine groups is 1. The first-order chi connectivity index (χ1) is 12.8. The Labute approximate surface area is 157 Å². The molecule has 4 N–H and O–H groups in total. The minimum atomic E-state index is -1.03. The molecule has 0 saturated heterocycles. The molecule has 0 spiro atoms. The van der Waals surface area contributed by atoms with Crippen molar-refractivity contribution in [2.24, 2.45) is 16.5 Å². The number of fused-ring (bicyclic) bond motifs is 1. The standard InChI is InChI=1S/C19H14F3N3OS/c1-27-15-5-4-9-2-3-10(18(26)25-19(23)24)6-12(9)16(15)17-13(21)7-11(20)8-14(17)22/h2-8H,1H3,(H4,23,24,25,26). The van der Waals surface area contributed by atoms with E-state index < -0.39 is 29.3 Å². The van der Waals surface area contributed by atoms with Gasteiger partial charge in [0, 0.05) is 28.2 Å². The van der Waals surface area contributed by atoms with Crippen LogP contribution in [0.1, 0.15) is 10.4 Å². The van der Waals surface area contributed by atoms with Gasteiger partial charge in [-0.05, 0) is 35.2 Å². The summed E-state index contributed by atoms with van der Waals surface area (Å²) in [6.45, 7) is 0. The number of carbonyl (C=O) groups excluding carboxylic acids is 1. The quantitative estimate of drug-likeness (QED) is 0.402. The molecule has 0 aliphatic rings. The number of halogens is 3. The smallest absolute Gasteiger partial charge is 0.280 e. The van der Waals surface area contributed by atoms with Crippen molar-refractivity contribution < 1.29 is 18.0 Å². The van der Waals surface area contributed by atoms with Gasteiger partial charge in [0.1, 0.15) is 17.5 Å². The number of hydrogen-bond acceptors (Lipinski definition) is 2. The predicted octanol–water partition coefficient (Wildman–Crippen LogP) is 4.06. The fourth-order valence-corrected chi connectivity index (χ4v) is 3.44. The van der Waals surface area contributed by atoms with E-state index in [9.17, 15) is 18.0 Å². The first kappa shape index (κ1) is 18.8. The highest BCUT2D eigenvalue weighted by molar-refractivity contribution is 7.98. The lowest BCUT2D eigenvalue weighted by Crippen LogP contribution is -2.24. The van der Waals surface area contributed by atoms with Crippen LogP contribution in [0, 0.1) is 17.5 Å². The molecule has 0 aliphatic carbocycles. The average Bonchev–Trinajstić information content (AvgIpc) is 2.59. The average molecular weight is 389 g/mol. The first-order valence-electron chi connectivity index (χ1n) is 7.71. The second-order valence-electron chi connectivity index (χ2n) is 5.66. The van der Waals surface area contributed by atoms with E-state index in [1.54, 1.807) is 24.5 Å². The van der Waals surface area contributed by atoms with Crippen LogP contribution in [-0.4, -0.2) is 18.1 Å². The van der Waals surface area contributed by atoms with Gasteiger partial charge < -0.3 is 11.5 Å². The van der Waals surface area contributed by atoms with Crippen LogP contribution in [0.25, 0.3) is 21.9 Å².